The van der Waals surface area contributed by atoms with Crippen molar-refractivity contribution in [3.05, 3.63) is 36.4 Å². The van der Waals surface area contributed by atoms with E-state index in [0.717, 1.165) is 0 Å². The van der Waals surface area contributed by atoms with Crippen LogP contribution in [0.1, 0.15) is 12.5 Å². The summed E-state index contributed by atoms with van der Waals surface area (Å²) in [5.74, 6) is 0.380. The second-order valence-electron chi connectivity index (χ2n) is 5.53. The molecule has 1 aromatic rings. The number of rotatable bonds is 10. The van der Waals surface area contributed by atoms with Gasteiger partial charge in [0.2, 0.25) is 5.91 Å². The molecule has 9 heteroatoms. The monoisotopic (exact) mass is 384 g/mol. The van der Waals surface area contributed by atoms with Gasteiger partial charge in [-0.15, -0.1) is 6.58 Å². The van der Waals surface area contributed by atoms with Gasteiger partial charge in [0.25, 0.3) is 0 Å². The highest BCUT2D eigenvalue weighted by atomic mass is 19.3. The molecule has 0 radical (unpaired) electrons. The lowest BCUT2D eigenvalue weighted by Crippen LogP contribution is -2.43. The van der Waals surface area contributed by atoms with Crippen LogP contribution in [0.2, 0.25) is 0 Å². The van der Waals surface area contributed by atoms with Crippen LogP contribution in [-0.2, 0) is 11.3 Å². The third kappa shape index (κ3) is 7.93. The van der Waals surface area contributed by atoms with Gasteiger partial charge in [0.15, 0.2) is 17.5 Å². The van der Waals surface area contributed by atoms with Crippen LogP contribution in [0.3, 0.4) is 0 Å². The Bertz CT molecular complexity index is 651. The van der Waals surface area contributed by atoms with Crippen molar-refractivity contribution in [3.63, 3.8) is 0 Å². The molecule has 0 atom stereocenters. The molecule has 0 aliphatic carbocycles. The lowest BCUT2D eigenvalue weighted by Gasteiger charge is -2.16. The van der Waals surface area contributed by atoms with Gasteiger partial charge in [0, 0.05) is 26.2 Å². The third-order valence-corrected chi connectivity index (χ3v) is 3.29. The van der Waals surface area contributed by atoms with Crippen LogP contribution < -0.4 is 20.1 Å². The Hall–Kier alpha value is -2.84. The number of likely N-dealkylation sites (N-methyl/N-ethyl adjacent to an activating group) is 1. The SMILES string of the molecule is C=CCNC(=NCc1cccc(OCC)c1OC(F)F)NCC(=O)N(C)C. The summed E-state index contributed by atoms with van der Waals surface area (Å²) in [6, 6.07) is 4.85. The van der Waals surface area contributed by atoms with Crippen molar-refractivity contribution in [1.29, 1.82) is 0 Å². The number of guanidine groups is 1. The number of alkyl halides is 2. The molecule has 1 rings (SSSR count). The number of hydrogen-bond donors (Lipinski definition) is 2. The molecular weight excluding hydrogens is 358 g/mol. The smallest absolute Gasteiger partial charge is 0.387 e. The predicted molar refractivity (Wildman–Crippen MR) is 100 cm³/mol. The molecule has 1 amide bonds. The zero-order chi connectivity index (χ0) is 20.2. The number of hydrogen-bond acceptors (Lipinski definition) is 4. The summed E-state index contributed by atoms with van der Waals surface area (Å²) in [5.41, 5.74) is 0.430. The topological polar surface area (TPSA) is 75.2 Å². The van der Waals surface area contributed by atoms with Crippen molar-refractivity contribution >= 4 is 11.9 Å². The Morgan fingerprint density at radius 1 is 1.37 bits per heavy atom. The maximum absolute atomic E-state index is 12.8. The molecule has 0 aliphatic rings. The number of para-hydroxylation sites is 1. The molecular formula is C18H26F2N4O3. The quantitative estimate of drug-likeness (QED) is 0.367. The molecule has 0 fully saturated rings. The molecule has 0 heterocycles. The molecule has 7 nitrogen and oxygen atoms in total. The Balaban J connectivity index is 3.00. The van der Waals surface area contributed by atoms with E-state index in [2.05, 4.69) is 26.9 Å². The summed E-state index contributed by atoms with van der Waals surface area (Å²) in [5, 5.41) is 5.85. The number of amides is 1. The fraction of sp³-hybridized carbons (Fsp3) is 0.444. The lowest BCUT2D eigenvalue weighted by molar-refractivity contribution is -0.127. The fourth-order valence-electron chi connectivity index (χ4n) is 2.00. The second kappa shape index (κ2) is 11.7. The first-order valence-corrected chi connectivity index (χ1v) is 8.41. The summed E-state index contributed by atoms with van der Waals surface area (Å²) < 4.78 is 35.5. The summed E-state index contributed by atoms with van der Waals surface area (Å²) in [6.07, 6.45) is 1.63. The average molecular weight is 384 g/mol. The van der Waals surface area contributed by atoms with Crippen molar-refractivity contribution < 1.29 is 23.0 Å². The van der Waals surface area contributed by atoms with Gasteiger partial charge in [-0.3, -0.25) is 4.79 Å². The number of carbonyl (C=O) groups excluding carboxylic acids is 1. The minimum Gasteiger partial charge on any atom is -0.490 e. The standard InChI is InChI=1S/C18H26F2N4O3/c1-5-10-21-18(23-12-15(25)24(3)4)22-11-13-8-7-9-14(26-6-2)16(13)27-17(19)20/h5,7-9,17H,1,6,10-12H2,2-4H3,(H2,21,22,23). The van der Waals surface area contributed by atoms with Gasteiger partial charge in [0.1, 0.15) is 0 Å². The van der Waals surface area contributed by atoms with Crippen LogP contribution in [0.25, 0.3) is 0 Å². The van der Waals surface area contributed by atoms with E-state index >= 15 is 0 Å². The number of ether oxygens (including phenoxy) is 2. The summed E-state index contributed by atoms with van der Waals surface area (Å²) >= 11 is 0. The molecule has 27 heavy (non-hydrogen) atoms. The van der Waals surface area contributed by atoms with E-state index in [1.165, 1.54) is 4.90 Å². The van der Waals surface area contributed by atoms with E-state index < -0.39 is 6.61 Å². The Kier molecular flexibility index (Phi) is 9.63. The first-order chi connectivity index (χ1) is 12.9. The summed E-state index contributed by atoms with van der Waals surface area (Å²) in [6.45, 7) is 3.19. The number of nitrogens with one attached hydrogen (secondary N) is 2. The van der Waals surface area contributed by atoms with Crippen LogP contribution in [-0.4, -0.2) is 57.2 Å². The molecule has 0 unspecified atom stereocenters. The van der Waals surface area contributed by atoms with E-state index in [9.17, 15) is 13.6 Å². The van der Waals surface area contributed by atoms with Gasteiger partial charge in [-0.05, 0) is 13.0 Å². The fourth-order valence-corrected chi connectivity index (χ4v) is 2.00. The molecule has 2 N–H and O–H groups in total. The first-order valence-electron chi connectivity index (χ1n) is 8.41. The minimum absolute atomic E-state index is 0.0371. The molecule has 0 aromatic heterocycles. The first kappa shape index (κ1) is 22.2. The van der Waals surface area contributed by atoms with Crippen LogP contribution >= 0.6 is 0 Å². The number of aliphatic imine (C=N–C) groups is 1. The molecule has 0 saturated carbocycles. The molecule has 1 aromatic carbocycles. The highest BCUT2D eigenvalue weighted by Crippen LogP contribution is 2.33. The van der Waals surface area contributed by atoms with Gasteiger partial charge < -0.3 is 25.0 Å². The van der Waals surface area contributed by atoms with Gasteiger partial charge in [-0.1, -0.05) is 18.2 Å². The van der Waals surface area contributed by atoms with Crippen LogP contribution in [0.4, 0.5) is 8.78 Å². The van der Waals surface area contributed by atoms with Crippen molar-refractivity contribution in [2.24, 2.45) is 4.99 Å². The molecule has 0 saturated heterocycles. The molecule has 150 valence electrons. The zero-order valence-electron chi connectivity index (χ0n) is 15.8. The Morgan fingerprint density at radius 3 is 2.70 bits per heavy atom. The van der Waals surface area contributed by atoms with Gasteiger partial charge in [-0.2, -0.15) is 8.78 Å². The highest BCUT2D eigenvalue weighted by molar-refractivity contribution is 5.86. The third-order valence-electron chi connectivity index (χ3n) is 3.29. The van der Waals surface area contributed by atoms with E-state index in [1.807, 2.05) is 0 Å². The van der Waals surface area contributed by atoms with E-state index in [4.69, 9.17) is 4.74 Å². The largest absolute Gasteiger partial charge is 0.490 e. The van der Waals surface area contributed by atoms with E-state index in [-0.39, 0.29) is 30.5 Å². The van der Waals surface area contributed by atoms with Crippen LogP contribution in [0.5, 0.6) is 11.5 Å². The number of nitrogens with zero attached hydrogens (tertiary/aromatic N) is 2. The maximum Gasteiger partial charge on any atom is 0.387 e. The number of carbonyl (C=O) groups is 1. The second-order valence-corrected chi connectivity index (χ2v) is 5.53. The van der Waals surface area contributed by atoms with Gasteiger partial charge >= 0.3 is 6.61 Å². The summed E-state index contributed by atoms with van der Waals surface area (Å²) in [7, 11) is 3.29. The minimum atomic E-state index is -2.98. The highest BCUT2D eigenvalue weighted by Gasteiger charge is 2.16. The van der Waals surface area contributed by atoms with Crippen LogP contribution in [0.15, 0.2) is 35.8 Å². The number of benzene rings is 1. The van der Waals surface area contributed by atoms with E-state index in [1.54, 1.807) is 45.3 Å². The Morgan fingerprint density at radius 2 is 2.11 bits per heavy atom. The van der Waals surface area contributed by atoms with Crippen molar-refractivity contribution in [3.8, 4) is 11.5 Å². The molecule has 0 spiro atoms. The predicted octanol–water partition coefficient (Wildman–Crippen LogP) is 2.00. The van der Waals surface area contributed by atoms with Gasteiger partial charge in [-0.25, -0.2) is 4.99 Å². The maximum atomic E-state index is 12.8. The number of halogens is 2. The van der Waals surface area contributed by atoms with Gasteiger partial charge in [0.05, 0.1) is 19.7 Å². The van der Waals surface area contributed by atoms with Crippen molar-refractivity contribution in [2.45, 2.75) is 20.1 Å². The van der Waals surface area contributed by atoms with E-state index in [0.29, 0.717) is 24.7 Å². The lowest BCUT2D eigenvalue weighted by atomic mass is 10.2. The van der Waals surface area contributed by atoms with Crippen molar-refractivity contribution in [1.82, 2.24) is 15.5 Å². The zero-order valence-corrected chi connectivity index (χ0v) is 15.8. The Labute approximate surface area is 158 Å². The molecule has 0 aliphatic heterocycles. The molecule has 0 bridgehead atoms. The van der Waals surface area contributed by atoms with Crippen molar-refractivity contribution in [2.75, 3.05) is 33.8 Å². The average Bonchev–Trinajstić information content (AvgIpc) is 2.62. The normalized spacial score (nSPS) is 11.1. The summed E-state index contributed by atoms with van der Waals surface area (Å²) in [4.78, 5) is 17.5. The van der Waals surface area contributed by atoms with Crippen LogP contribution in [0, 0.1) is 0 Å².